The molecule has 0 aliphatic carbocycles. The maximum atomic E-state index is 11.7. The first-order valence-corrected chi connectivity index (χ1v) is 3.39. The minimum atomic E-state index is -4.61. The van der Waals surface area contributed by atoms with Crippen molar-refractivity contribution in [3.63, 3.8) is 0 Å². The number of hydrogen-bond donors (Lipinski definition) is 0. The lowest BCUT2D eigenvalue weighted by Gasteiger charge is -2.31. The van der Waals surface area contributed by atoms with Crippen molar-refractivity contribution >= 4 is 0 Å². The van der Waals surface area contributed by atoms with E-state index in [2.05, 4.69) is 4.74 Å². The van der Waals surface area contributed by atoms with E-state index < -0.39 is 12.6 Å². The standard InChI is InChI=1S/C6H9F3NO2/c1-10-2-3-11-4-5(10)12-6(7,8)9/h4-5H,2-3H2,1H3. The molecule has 71 valence electrons. The highest BCUT2D eigenvalue weighted by atomic mass is 19.4. The van der Waals surface area contributed by atoms with Gasteiger partial charge < -0.3 is 4.74 Å². The normalized spacial score (nSPS) is 27.5. The van der Waals surface area contributed by atoms with Gasteiger partial charge in [0.2, 0.25) is 0 Å². The van der Waals surface area contributed by atoms with Crippen LogP contribution in [-0.2, 0) is 9.47 Å². The maximum Gasteiger partial charge on any atom is 0.524 e. The summed E-state index contributed by atoms with van der Waals surface area (Å²) < 4.78 is 43.5. The molecule has 0 aromatic carbocycles. The molecule has 1 aliphatic heterocycles. The van der Waals surface area contributed by atoms with Gasteiger partial charge in [-0.15, -0.1) is 13.2 Å². The van der Waals surface area contributed by atoms with E-state index in [1.807, 2.05) is 0 Å². The first kappa shape index (κ1) is 9.76. The van der Waals surface area contributed by atoms with Gasteiger partial charge in [0.1, 0.15) is 12.8 Å². The number of ether oxygens (including phenoxy) is 2. The average molecular weight is 184 g/mol. The van der Waals surface area contributed by atoms with Crippen molar-refractivity contribution in [2.75, 3.05) is 20.2 Å². The Bertz CT molecular complexity index is 150. The highest BCUT2D eigenvalue weighted by Crippen LogP contribution is 2.22. The summed E-state index contributed by atoms with van der Waals surface area (Å²) in [5.41, 5.74) is 0. The van der Waals surface area contributed by atoms with Crippen molar-refractivity contribution < 1.29 is 22.6 Å². The average Bonchev–Trinajstić information content (AvgIpc) is 1.91. The molecule has 1 atom stereocenters. The van der Waals surface area contributed by atoms with Crippen molar-refractivity contribution in [1.82, 2.24) is 4.90 Å². The van der Waals surface area contributed by atoms with Crippen LogP contribution in [0.25, 0.3) is 0 Å². The van der Waals surface area contributed by atoms with Gasteiger partial charge in [-0.1, -0.05) is 0 Å². The molecule has 0 N–H and O–H groups in total. The Hall–Kier alpha value is -0.330. The van der Waals surface area contributed by atoms with E-state index in [1.54, 1.807) is 0 Å². The van der Waals surface area contributed by atoms with Crippen molar-refractivity contribution in [2.45, 2.75) is 12.6 Å². The van der Waals surface area contributed by atoms with Crippen LogP contribution in [0.3, 0.4) is 0 Å². The third kappa shape index (κ3) is 2.96. The molecule has 1 heterocycles. The molecule has 0 saturated carbocycles. The van der Waals surface area contributed by atoms with Gasteiger partial charge in [-0.25, -0.2) is 0 Å². The van der Waals surface area contributed by atoms with Crippen LogP contribution in [-0.4, -0.2) is 37.7 Å². The van der Waals surface area contributed by atoms with Crippen LogP contribution in [0.2, 0.25) is 0 Å². The van der Waals surface area contributed by atoms with E-state index in [9.17, 15) is 13.2 Å². The van der Waals surface area contributed by atoms with Crippen LogP contribution >= 0.6 is 0 Å². The Morgan fingerprint density at radius 2 is 2.25 bits per heavy atom. The van der Waals surface area contributed by atoms with Crippen molar-refractivity contribution in [3.8, 4) is 0 Å². The summed E-state index contributed by atoms with van der Waals surface area (Å²) in [4.78, 5) is 1.41. The van der Waals surface area contributed by atoms with Gasteiger partial charge in [-0.05, 0) is 7.05 Å². The number of rotatable bonds is 1. The number of hydrogen-bond acceptors (Lipinski definition) is 3. The number of alkyl halides is 3. The van der Waals surface area contributed by atoms with Crippen molar-refractivity contribution in [3.05, 3.63) is 6.61 Å². The van der Waals surface area contributed by atoms with Gasteiger partial charge in [0.25, 0.3) is 0 Å². The van der Waals surface area contributed by atoms with Crippen LogP contribution in [0, 0.1) is 6.61 Å². The predicted octanol–water partition coefficient (Wildman–Crippen LogP) is 0.973. The van der Waals surface area contributed by atoms with E-state index in [0.717, 1.165) is 6.61 Å². The lowest BCUT2D eigenvalue weighted by Crippen LogP contribution is -2.44. The zero-order chi connectivity index (χ0) is 9.19. The number of halogens is 3. The molecular formula is C6H9F3NO2. The van der Waals surface area contributed by atoms with Gasteiger partial charge in [0.05, 0.1) is 6.61 Å². The van der Waals surface area contributed by atoms with Crippen LogP contribution in [0.4, 0.5) is 13.2 Å². The second-order valence-electron chi connectivity index (χ2n) is 2.44. The molecular weight excluding hydrogens is 175 g/mol. The van der Waals surface area contributed by atoms with Gasteiger partial charge in [-0.3, -0.25) is 9.64 Å². The molecule has 1 radical (unpaired) electrons. The summed E-state index contributed by atoms with van der Waals surface area (Å²) in [6.45, 7) is 1.86. The molecule has 1 aliphatic rings. The molecule has 12 heavy (non-hydrogen) atoms. The Kier molecular flexibility index (Phi) is 2.92. The summed E-state index contributed by atoms with van der Waals surface area (Å²) in [6.07, 6.45) is -5.74. The summed E-state index contributed by atoms with van der Waals surface area (Å²) in [5.74, 6) is 0. The third-order valence-corrected chi connectivity index (χ3v) is 1.46. The monoisotopic (exact) mass is 184 g/mol. The molecule has 1 rings (SSSR count). The highest BCUT2D eigenvalue weighted by molar-refractivity contribution is 4.72. The first-order chi connectivity index (χ1) is 5.49. The molecule has 3 nitrogen and oxygen atoms in total. The van der Waals surface area contributed by atoms with Gasteiger partial charge in [0, 0.05) is 6.54 Å². The SMILES string of the molecule is CN1CCO[CH]C1OC(F)(F)F. The van der Waals surface area contributed by atoms with E-state index in [0.29, 0.717) is 13.2 Å². The minimum Gasteiger partial charge on any atom is -0.370 e. The van der Waals surface area contributed by atoms with Crippen molar-refractivity contribution in [1.29, 1.82) is 0 Å². The zero-order valence-electron chi connectivity index (χ0n) is 6.47. The molecule has 6 heteroatoms. The second kappa shape index (κ2) is 3.59. The predicted molar refractivity (Wildman–Crippen MR) is 33.8 cm³/mol. The molecule has 1 saturated heterocycles. The number of morpholine rings is 1. The summed E-state index contributed by atoms with van der Waals surface area (Å²) in [5, 5.41) is 0. The lowest BCUT2D eigenvalue weighted by atomic mass is 10.4. The van der Waals surface area contributed by atoms with E-state index >= 15 is 0 Å². The van der Waals surface area contributed by atoms with Gasteiger partial charge in [-0.2, -0.15) is 0 Å². The maximum absolute atomic E-state index is 11.7. The molecule has 0 aromatic rings. The third-order valence-electron chi connectivity index (χ3n) is 1.46. The zero-order valence-corrected chi connectivity index (χ0v) is 6.47. The van der Waals surface area contributed by atoms with Crippen LogP contribution in [0.5, 0.6) is 0 Å². The molecule has 0 amide bonds. The quantitative estimate of drug-likeness (QED) is 0.606. The highest BCUT2D eigenvalue weighted by Gasteiger charge is 2.36. The van der Waals surface area contributed by atoms with Crippen molar-refractivity contribution in [2.24, 2.45) is 0 Å². The second-order valence-corrected chi connectivity index (χ2v) is 2.44. The van der Waals surface area contributed by atoms with Crippen LogP contribution in [0.15, 0.2) is 0 Å². The molecule has 0 spiro atoms. The molecule has 1 unspecified atom stereocenters. The van der Waals surface area contributed by atoms with Crippen LogP contribution in [0.1, 0.15) is 0 Å². The Balaban J connectivity index is 2.39. The van der Waals surface area contributed by atoms with E-state index in [4.69, 9.17) is 4.74 Å². The van der Waals surface area contributed by atoms with Crippen LogP contribution < -0.4 is 0 Å². The summed E-state index contributed by atoms with van der Waals surface area (Å²) in [7, 11) is 1.54. The Labute approximate surface area is 68.0 Å². The van der Waals surface area contributed by atoms with E-state index in [-0.39, 0.29) is 0 Å². The summed E-state index contributed by atoms with van der Waals surface area (Å²) >= 11 is 0. The molecule has 0 bridgehead atoms. The van der Waals surface area contributed by atoms with Gasteiger partial charge >= 0.3 is 6.36 Å². The molecule has 0 aromatic heterocycles. The Morgan fingerprint density at radius 3 is 2.75 bits per heavy atom. The largest absolute Gasteiger partial charge is 0.524 e. The summed E-state index contributed by atoms with van der Waals surface area (Å²) in [6, 6.07) is 0. The minimum absolute atomic E-state index is 0.397. The topological polar surface area (TPSA) is 21.7 Å². The first-order valence-electron chi connectivity index (χ1n) is 3.39. The fourth-order valence-corrected chi connectivity index (χ4v) is 0.833. The van der Waals surface area contributed by atoms with Gasteiger partial charge in [0.15, 0.2) is 0 Å². The smallest absolute Gasteiger partial charge is 0.370 e. The fourth-order valence-electron chi connectivity index (χ4n) is 0.833. The lowest BCUT2D eigenvalue weighted by molar-refractivity contribution is -0.361. The fraction of sp³-hybridized carbons (Fsp3) is 0.833. The molecule has 1 fully saturated rings. The Morgan fingerprint density at radius 1 is 1.58 bits per heavy atom. The number of likely N-dealkylation sites (N-methyl/N-ethyl adjacent to an activating group) is 1. The van der Waals surface area contributed by atoms with E-state index in [1.165, 1.54) is 11.9 Å². The number of nitrogens with zero attached hydrogens (tertiary/aromatic N) is 1.